The second-order valence-electron chi connectivity index (χ2n) is 9.27. The molecule has 0 saturated heterocycles. The number of aromatic nitrogens is 1. The fourth-order valence-corrected chi connectivity index (χ4v) is 4.53. The molecule has 3 aromatic carbocycles. The number of fused-ring (bicyclic) bond motifs is 1. The number of carboxylic acid groups (broad SMARTS) is 1. The van der Waals surface area contributed by atoms with Crippen LogP contribution in [0.25, 0.3) is 10.9 Å². The third-order valence-corrected chi connectivity index (χ3v) is 6.45. The molecule has 0 fully saturated rings. The van der Waals surface area contributed by atoms with Crippen LogP contribution < -0.4 is 4.74 Å². The summed E-state index contributed by atoms with van der Waals surface area (Å²) in [5.41, 5.74) is 3.98. The van der Waals surface area contributed by atoms with E-state index in [4.69, 9.17) is 14.6 Å². The Morgan fingerprint density at radius 3 is 2.47 bits per heavy atom. The quantitative estimate of drug-likeness (QED) is 0.160. The molecule has 0 saturated carbocycles. The van der Waals surface area contributed by atoms with Gasteiger partial charge in [-0.1, -0.05) is 25.5 Å². The molecule has 1 atom stereocenters. The lowest BCUT2D eigenvalue weighted by Gasteiger charge is -2.18. The van der Waals surface area contributed by atoms with E-state index >= 15 is 0 Å². The van der Waals surface area contributed by atoms with E-state index < -0.39 is 5.97 Å². The molecule has 0 amide bonds. The summed E-state index contributed by atoms with van der Waals surface area (Å²) in [6, 6.07) is 18.8. The number of aryl methyl sites for hydroxylation is 1. The molecule has 4 rings (SSSR count). The number of carbonyl (C=O) groups is 2. The van der Waals surface area contributed by atoms with E-state index in [2.05, 4.69) is 6.92 Å². The van der Waals surface area contributed by atoms with Crippen molar-refractivity contribution < 1.29 is 28.6 Å². The van der Waals surface area contributed by atoms with E-state index in [1.807, 2.05) is 43.3 Å². The molecule has 198 valence electrons. The van der Waals surface area contributed by atoms with Crippen LogP contribution in [0.3, 0.4) is 0 Å². The molecule has 0 aliphatic heterocycles. The normalized spacial score (nSPS) is 12.0. The number of hydrogen-bond donors (Lipinski definition) is 1. The zero-order valence-corrected chi connectivity index (χ0v) is 21.7. The van der Waals surface area contributed by atoms with Crippen LogP contribution in [0.4, 0.5) is 4.39 Å². The Balaban J connectivity index is 1.32. The van der Waals surface area contributed by atoms with Gasteiger partial charge in [-0.15, -0.1) is 0 Å². The molecule has 0 aliphatic carbocycles. The van der Waals surface area contributed by atoms with Crippen LogP contribution in [0.2, 0.25) is 0 Å². The molecule has 6 nitrogen and oxygen atoms in total. The van der Waals surface area contributed by atoms with Gasteiger partial charge in [-0.25, -0.2) is 4.39 Å². The van der Waals surface area contributed by atoms with E-state index in [1.165, 1.54) is 24.3 Å². The van der Waals surface area contributed by atoms with Gasteiger partial charge in [-0.3, -0.25) is 9.59 Å². The molecule has 1 aromatic heterocycles. The summed E-state index contributed by atoms with van der Waals surface area (Å²) < 4.78 is 26.9. The van der Waals surface area contributed by atoms with Crippen LogP contribution in [0.5, 0.6) is 5.75 Å². The number of halogens is 1. The molecule has 0 aliphatic rings. The van der Waals surface area contributed by atoms with Crippen LogP contribution >= 0.6 is 0 Å². The molecular weight excluding hydrogens is 485 g/mol. The molecule has 1 heterocycles. The monoisotopic (exact) mass is 517 g/mol. The van der Waals surface area contributed by atoms with Crippen molar-refractivity contribution in [2.45, 2.75) is 45.8 Å². The van der Waals surface area contributed by atoms with Crippen molar-refractivity contribution in [2.75, 3.05) is 13.2 Å². The molecule has 1 N–H and O–H groups in total. The lowest BCUT2D eigenvalue weighted by Crippen LogP contribution is -2.10. The number of rotatable bonds is 13. The lowest BCUT2D eigenvalue weighted by atomic mass is 9.94. The standard InChI is InChI=1S/C31H32FNO5/c1-3-5-24-18-25(31(36)23-6-10-26(32)11-7-23)9-13-28(24)21(2)37-16-4-17-38-27-12-8-22-14-15-33(20-30(34)35)29(22)19-27/h6-15,18-19,21H,3-5,16-17,20H2,1-2H3,(H,34,35)/t21-/m1/s1. The Morgan fingerprint density at radius 1 is 0.974 bits per heavy atom. The number of carboxylic acids is 1. The highest BCUT2D eigenvalue weighted by Gasteiger charge is 2.16. The van der Waals surface area contributed by atoms with Gasteiger partial charge in [0, 0.05) is 29.8 Å². The number of aliphatic carboxylic acids is 1. The summed E-state index contributed by atoms with van der Waals surface area (Å²) in [6.45, 7) is 4.96. The molecule has 7 heteroatoms. The number of ether oxygens (including phenoxy) is 2. The van der Waals surface area contributed by atoms with Gasteiger partial charge in [0.25, 0.3) is 0 Å². The predicted octanol–water partition coefficient (Wildman–Crippen LogP) is 6.60. The fourth-order valence-electron chi connectivity index (χ4n) is 4.53. The highest BCUT2D eigenvalue weighted by Crippen LogP contribution is 2.26. The average molecular weight is 518 g/mol. The van der Waals surface area contributed by atoms with Crippen molar-refractivity contribution >= 4 is 22.7 Å². The van der Waals surface area contributed by atoms with Crippen LogP contribution in [-0.4, -0.2) is 34.6 Å². The Bertz CT molecular complexity index is 1410. The van der Waals surface area contributed by atoms with E-state index in [0.717, 1.165) is 34.9 Å². The number of hydrogen-bond acceptors (Lipinski definition) is 4. The zero-order valence-electron chi connectivity index (χ0n) is 21.7. The maximum absolute atomic E-state index is 13.2. The minimum Gasteiger partial charge on any atom is -0.493 e. The highest BCUT2D eigenvalue weighted by atomic mass is 19.1. The SMILES string of the molecule is CCCc1cc(C(=O)c2ccc(F)cc2)ccc1[C@@H](C)OCCCOc1ccc2ccn(CC(=O)O)c2c1. The van der Waals surface area contributed by atoms with E-state index in [9.17, 15) is 14.0 Å². The van der Waals surface area contributed by atoms with Gasteiger partial charge in [-0.05, 0) is 78.4 Å². The first-order valence-corrected chi connectivity index (χ1v) is 12.8. The molecule has 4 aromatic rings. The second-order valence-corrected chi connectivity index (χ2v) is 9.27. The molecule has 0 spiro atoms. The average Bonchev–Trinajstić information content (AvgIpc) is 3.30. The van der Waals surface area contributed by atoms with Crippen LogP contribution in [-0.2, 0) is 22.5 Å². The summed E-state index contributed by atoms with van der Waals surface area (Å²) in [7, 11) is 0. The van der Waals surface area contributed by atoms with Crippen molar-refractivity contribution in [3.8, 4) is 5.75 Å². The maximum atomic E-state index is 13.2. The fraction of sp³-hybridized carbons (Fsp3) is 0.290. The van der Waals surface area contributed by atoms with Crippen molar-refractivity contribution in [2.24, 2.45) is 0 Å². The van der Waals surface area contributed by atoms with Gasteiger partial charge in [0.1, 0.15) is 18.1 Å². The summed E-state index contributed by atoms with van der Waals surface area (Å²) in [5.74, 6) is -0.709. The largest absolute Gasteiger partial charge is 0.493 e. The van der Waals surface area contributed by atoms with Gasteiger partial charge in [0.15, 0.2) is 5.78 Å². The second kappa shape index (κ2) is 12.5. The highest BCUT2D eigenvalue weighted by molar-refractivity contribution is 6.09. The van der Waals surface area contributed by atoms with Gasteiger partial charge in [0.05, 0.1) is 24.8 Å². The predicted molar refractivity (Wildman–Crippen MR) is 144 cm³/mol. The minimum absolute atomic E-state index is 0.0971. The van der Waals surface area contributed by atoms with Gasteiger partial charge in [-0.2, -0.15) is 0 Å². The lowest BCUT2D eigenvalue weighted by molar-refractivity contribution is -0.137. The van der Waals surface area contributed by atoms with Crippen molar-refractivity contribution in [1.29, 1.82) is 0 Å². The Labute approximate surface area is 221 Å². The Morgan fingerprint density at radius 2 is 1.74 bits per heavy atom. The molecule has 38 heavy (non-hydrogen) atoms. The first-order valence-electron chi connectivity index (χ1n) is 12.8. The molecular formula is C31H32FNO5. The van der Waals surface area contributed by atoms with E-state index in [0.29, 0.717) is 36.5 Å². The topological polar surface area (TPSA) is 77.8 Å². The van der Waals surface area contributed by atoms with Crippen LogP contribution in [0.15, 0.2) is 72.9 Å². The minimum atomic E-state index is -0.892. The Kier molecular flexibility index (Phi) is 8.92. The van der Waals surface area contributed by atoms with Crippen molar-refractivity contribution in [3.05, 3.63) is 101 Å². The van der Waals surface area contributed by atoms with Crippen molar-refractivity contribution in [1.82, 2.24) is 4.57 Å². The number of benzene rings is 3. The zero-order chi connectivity index (χ0) is 27.1. The summed E-state index contributed by atoms with van der Waals surface area (Å²) >= 11 is 0. The van der Waals surface area contributed by atoms with Crippen LogP contribution in [0, 0.1) is 5.82 Å². The number of ketones is 1. The van der Waals surface area contributed by atoms with Gasteiger partial charge >= 0.3 is 5.97 Å². The number of nitrogens with zero attached hydrogens (tertiary/aromatic N) is 1. The van der Waals surface area contributed by atoms with E-state index in [1.54, 1.807) is 16.8 Å². The summed E-state index contributed by atoms with van der Waals surface area (Å²) in [6.07, 6.45) is 4.05. The first kappa shape index (κ1) is 27.1. The van der Waals surface area contributed by atoms with Crippen molar-refractivity contribution in [3.63, 3.8) is 0 Å². The van der Waals surface area contributed by atoms with Gasteiger partial charge in [0.2, 0.25) is 0 Å². The summed E-state index contributed by atoms with van der Waals surface area (Å²) in [5, 5.41) is 10.1. The third-order valence-electron chi connectivity index (χ3n) is 6.45. The van der Waals surface area contributed by atoms with E-state index in [-0.39, 0.29) is 24.2 Å². The molecule has 0 unspecified atom stereocenters. The molecule has 0 bridgehead atoms. The number of carbonyl (C=O) groups excluding carboxylic acids is 1. The first-order chi connectivity index (χ1) is 18.4. The third kappa shape index (κ3) is 6.66. The van der Waals surface area contributed by atoms with Crippen LogP contribution in [0.1, 0.15) is 59.8 Å². The Hall–Kier alpha value is -3.97. The summed E-state index contributed by atoms with van der Waals surface area (Å²) in [4.78, 5) is 24.0. The maximum Gasteiger partial charge on any atom is 0.323 e. The smallest absolute Gasteiger partial charge is 0.323 e. The molecule has 0 radical (unpaired) electrons. The van der Waals surface area contributed by atoms with Gasteiger partial charge < -0.3 is 19.1 Å².